The zero-order chi connectivity index (χ0) is 13.7. The molecule has 4 rings (SSSR count). The Hall–Kier alpha value is -0.0400. The van der Waals surface area contributed by atoms with Crippen LogP contribution in [0.3, 0.4) is 0 Å². The van der Waals surface area contributed by atoms with Crippen LogP contribution in [0.4, 0.5) is 0 Å². The van der Waals surface area contributed by atoms with Crippen LogP contribution in [-0.2, 0) is 0 Å². The Morgan fingerprint density at radius 2 is 1.63 bits per heavy atom. The molecule has 0 aliphatic heterocycles. The summed E-state index contributed by atoms with van der Waals surface area (Å²) in [7, 11) is 0. The predicted octanol–water partition coefficient (Wildman–Crippen LogP) is 4.75. The van der Waals surface area contributed by atoms with Gasteiger partial charge in [0.15, 0.2) is 0 Å². The molecule has 0 saturated heterocycles. The third-order valence-electron chi connectivity index (χ3n) is 6.93. The van der Waals surface area contributed by atoms with E-state index in [-0.39, 0.29) is 0 Å². The van der Waals surface area contributed by atoms with Crippen molar-refractivity contribution >= 4 is 0 Å². The molecule has 4 saturated carbocycles. The first-order chi connectivity index (χ1) is 8.98. The Kier molecular flexibility index (Phi) is 3.48. The maximum absolute atomic E-state index is 6.78. The molecule has 0 aromatic rings. The van der Waals surface area contributed by atoms with Crippen LogP contribution in [0, 0.1) is 28.6 Å². The summed E-state index contributed by atoms with van der Waals surface area (Å²) in [6.45, 7) is 7.23. The highest BCUT2D eigenvalue weighted by Gasteiger charge is 2.57. The van der Waals surface area contributed by atoms with Crippen molar-refractivity contribution in [2.75, 3.05) is 0 Å². The first kappa shape index (κ1) is 13.9. The molecular weight excluding hydrogens is 230 g/mol. The van der Waals surface area contributed by atoms with Crippen molar-refractivity contribution in [1.29, 1.82) is 0 Å². The first-order valence-electron chi connectivity index (χ1n) is 8.74. The third-order valence-corrected chi connectivity index (χ3v) is 6.93. The van der Waals surface area contributed by atoms with E-state index in [0.29, 0.717) is 16.9 Å². The van der Waals surface area contributed by atoms with Gasteiger partial charge in [-0.25, -0.2) is 0 Å². The minimum Gasteiger partial charge on any atom is -0.327 e. The summed E-state index contributed by atoms with van der Waals surface area (Å²) in [6.07, 6.45) is 12.8. The molecule has 3 unspecified atom stereocenters. The monoisotopic (exact) mass is 263 g/mol. The summed E-state index contributed by atoms with van der Waals surface area (Å²) in [5.41, 5.74) is 7.96. The second-order valence-corrected chi connectivity index (χ2v) is 8.66. The van der Waals surface area contributed by atoms with Crippen molar-refractivity contribution in [1.82, 2.24) is 0 Å². The molecule has 2 N–H and O–H groups in total. The van der Waals surface area contributed by atoms with Crippen molar-refractivity contribution in [3.63, 3.8) is 0 Å². The van der Waals surface area contributed by atoms with E-state index >= 15 is 0 Å². The van der Waals surface area contributed by atoms with E-state index in [0.717, 1.165) is 17.8 Å². The van der Waals surface area contributed by atoms with Crippen molar-refractivity contribution in [2.45, 2.75) is 84.6 Å². The van der Waals surface area contributed by atoms with Gasteiger partial charge in [-0.05, 0) is 73.5 Å². The molecule has 19 heavy (non-hydrogen) atoms. The Labute approximate surface area is 119 Å². The molecule has 0 radical (unpaired) electrons. The molecule has 0 aromatic carbocycles. The normalized spacial score (nSPS) is 45.9. The average Bonchev–Trinajstić information content (AvgIpc) is 2.32. The Morgan fingerprint density at radius 1 is 1.05 bits per heavy atom. The van der Waals surface area contributed by atoms with E-state index in [1.807, 2.05) is 0 Å². The number of hydrogen-bond acceptors (Lipinski definition) is 1. The summed E-state index contributed by atoms with van der Waals surface area (Å²) in [5, 5.41) is 0. The van der Waals surface area contributed by atoms with Crippen molar-refractivity contribution in [3.05, 3.63) is 0 Å². The third kappa shape index (κ3) is 2.37. The summed E-state index contributed by atoms with van der Waals surface area (Å²) in [5.74, 6) is 2.88. The average molecular weight is 263 g/mol. The van der Waals surface area contributed by atoms with Crippen LogP contribution in [0.1, 0.15) is 78.6 Å². The Morgan fingerprint density at radius 3 is 2.11 bits per heavy atom. The topological polar surface area (TPSA) is 26.0 Å². The van der Waals surface area contributed by atoms with E-state index in [1.165, 1.54) is 57.8 Å². The maximum atomic E-state index is 6.78. The molecule has 0 spiro atoms. The van der Waals surface area contributed by atoms with Gasteiger partial charge in [0, 0.05) is 6.04 Å². The van der Waals surface area contributed by atoms with E-state index in [2.05, 4.69) is 20.8 Å². The fraction of sp³-hybridized carbons (Fsp3) is 1.00. The lowest BCUT2D eigenvalue weighted by Crippen LogP contribution is -2.57. The van der Waals surface area contributed by atoms with Crippen LogP contribution in [0.5, 0.6) is 0 Å². The molecule has 4 fully saturated rings. The summed E-state index contributed by atoms with van der Waals surface area (Å²) >= 11 is 0. The van der Waals surface area contributed by atoms with Gasteiger partial charge in [-0.1, -0.05) is 33.6 Å². The van der Waals surface area contributed by atoms with Gasteiger partial charge in [-0.3, -0.25) is 0 Å². The molecular formula is C18H33N. The smallest absolute Gasteiger partial charge is 0.00986 e. The summed E-state index contributed by atoms with van der Waals surface area (Å²) in [6, 6.07) is 0.475. The van der Waals surface area contributed by atoms with Gasteiger partial charge < -0.3 is 5.73 Å². The van der Waals surface area contributed by atoms with Gasteiger partial charge in [0.1, 0.15) is 0 Å². The lowest BCUT2D eigenvalue weighted by molar-refractivity contribution is -0.115. The van der Waals surface area contributed by atoms with Crippen LogP contribution < -0.4 is 5.73 Å². The Balaban J connectivity index is 1.76. The van der Waals surface area contributed by atoms with E-state index in [9.17, 15) is 0 Å². The van der Waals surface area contributed by atoms with Gasteiger partial charge >= 0.3 is 0 Å². The lowest BCUT2D eigenvalue weighted by atomic mass is 9.43. The van der Waals surface area contributed by atoms with Crippen LogP contribution in [0.25, 0.3) is 0 Å². The zero-order valence-corrected chi connectivity index (χ0v) is 13.3. The van der Waals surface area contributed by atoms with E-state index in [4.69, 9.17) is 5.73 Å². The van der Waals surface area contributed by atoms with E-state index < -0.39 is 0 Å². The van der Waals surface area contributed by atoms with Crippen molar-refractivity contribution < 1.29 is 0 Å². The lowest BCUT2D eigenvalue weighted by Gasteiger charge is -2.63. The molecule has 0 aromatic heterocycles. The minimum atomic E-state index is 0.475. The van der Waals surface area contributed by atoms with Crippen molar-refractivity contribution in [2.24, 2.45) is 34.3 Å². The van der Waals surface area contributed by atoms with Crippen LogP contribution in [0.2, 0.25) is 0 Å². The molecule has 4 bridgehead atoms. The van der Waals surface area contributed by atoms with Crippen LogP contribution in [-0.4, -0.2) is 6.04 Å². The van der Waals surface area contributed by atoms with Gasteiger partial charge in [0.05, 0.1) is 0 Å². The highest BCUT2D eigenvalue weighted by molar-refractivity contribution is 5.09. The van der Waals surface area contributed by atoms with Gasteiger partial charge in [-0.2, -0.15) is 0 Å². The quantitative estimate of drug-likeness (QED) is 0.761. The second kappa shape index (κ2) is 4.76. The standard InChI is InChI=1S/C18H33N/c1-4-13(5-2)7-16(19)18-10-14-6-15(11-18)9-17(3,8-14)12-18/h13-16H,4-12,19H2,1-3H3. The number of hydrogen-bond donors (Lipinski definition) is 1. The highest BCUT2D eigenvalue weighted by Crippen LogP contribution is 2.66. The fourth-order valence-corrected chi connectivity index (χ4v) is 6.46. The minimum absolute atomic E-state index is 0.475. The van der Waals surface area contributed by atoms with Crippen LogP contribution >= 0.6 is 0 Å². The molecule has 0 amide bonds. The largest absolute Gasteiger partial charge is 0.327 e. The molecule has 4 aliphatic rings. The summed E-state index contributed by atoms with van der Waals surface area (Å²) in [4.78, 5) is 0. The molecule has 3 atom stereocenters. The number of rotatable bonds is 5. The number of nitrogens with two attached hydrogens (primary N) is 1. The Bertz CT molecular complexity index is 317. The molecule has 0 heterocycles. The second-order valence-electron chi connectivity index (χ2n) is 8.66. The predicted molar refractivity (Wildman–Crippen MR) is 81.9 cm³/mol. The summed E-state index contributed by atoms with van der Waals surface area (Å²) < 4.78 is 0. The highest BCUT2D eigenvalue weighted by atomic mass is 14.7. The van der Waals surface area contributed by atoms with Gasteiger partial charge in [-0.15, -0.1) is 0 Å². The first-order valence-corrected chi connectivity index (χ1v) is 8.74. The molecule has 1 nitrogen and oxygen atoms in total. The van der Waals surface area contributed by atoms with Crippen LogP contribution in [0.15, 0.2) is 0 Å². The van der Waals surface area contributed by atoms with Gasteiger partial charge in [0.2, 0.25) is 0 Å². The fourth-order valence-electron chi connectivity index (χ4n) is 6.46. The molecule has 1 heteroatoms. The molecule has 4 aliphatic carbocycles. The molecule has 110 valence electrons. The maximum Gasteiger partial charge on any atom is 0.00986 e. The van der Waals surface area contributed by atoms with E-state index in [1.54, 1.807) is 0 Å². The zero-order valence-electron chi connectivity index (χ0n) is 13.3. The SMILES string of the molecule is CCC(CC)CC(N)C12CC3CC(CC(C)(C3)C1)C2. The van der Waals surface area contributed by atoms with Crippen molar-refractivity contribution in [3.8, 4) is 0 Å². The van der Waals surface area contributed by atoms with Gasteiger partial charge in [0.25, 0.3) is 0 Å².